The van der Waals surface area contributed by atoms with Gasteiger partial charge in [-0.25, -0.2) is 0 Å². The molecule has 110 valence electrons. The fourth-order valence-corrected chi connectivity index (χ4v) is 2.39. The monoisotopic (exact) mass is 295 g/mol. The number of alkyl halides is 3. The second-order valence-electron chi connectivity index (χ2n) is 4.45. The first-order valence-corrected chi connectivity index (χ1v) is 7.34. The van der Waals surface area contributed by atoms with Crippen LogP contribution in [0.1, 0.15) is 25.3 Å². The van der Waals surface area contributed by atoms with E-state index >= 15 is 0 Å². The zero-order chi connectivity index (χ0) is 14.1. The van der Waals surface area contributed by atoms with Crippen LogP contribution in [0.5, 0.6) is 0 Å². The Bertz CT molecular complexity index is 327. The van der Waals surface area contributed by atoms with Gasteiger partial charge in [-0.1, -0.05) is 6.92 Å². The molecule has 0 bridgehead atoms. The van der Waals surface area contributed by atoms with Crippen LogP contribution in [0.25, 0.3) is 0 Å². The number of hydrogen-bond donors (Lipinski definition) is 1. The van der Waals surface area contributed by atoms with E-state index in [1.54, 1.807) is 11.3 Å². The molecule has 1 aromatic heterocycles. The van der Waals surface area contributed by atoms with Crippen LogP contribution in [0, 0.1) is 0 Å². The van der Waals surface area contributed by atoms with Crippen LogP contribution < -0.4 is 5.32 Å². The number of halogens is 3. The molecule has 0 radical (unpaired) electrons. The van der Waals surface area contributed by atoms with Gasteiger partial charge in [-0.15, -0.1) is 0 Å². The maximum atomic E-state index is 12.0. The van der Waals surface area contributed by atoms with Crippen molar-refractivity contribution in [2.45, 2.75) is 38.4 Å². The maximum absolute atomic E-state index is 12.0. The Labute approximate surface area is 116 Å². The van der Waals surface area contributed by atoms with Crippen LogP contribution in [0.4, 0.5) is 13.2 Å². The van der Waals surface area contributed by atoms with Crippen LogP contribution in [-0.2, 0) is 11.2 Å². The van der Waals surface area contributed by atoms with Crippen LogP contribution in [0.2, 0.25) is 0 Å². The zero-order valence-electron chi connectivity index (χ0n) is 11.0. The first-order valence-electron chi connectivity index (χ1n) is 6.40. The molecule has 2 nitrogen and oxygen atoms in total. The molecule has 0 fully saturated rings. The molecule has 1 unspecified atom stereocenters. The van der Waals surface area contributed by atoms with Crippen molar-refractivity contribution >= 4 is 11.3 Å². The Kier molecular flexibility index (Phi) is 7.41. The average Bonchev–Trinajstić information content (AvgIpc) is 2.83. The van der Waals surface area contributed by atoms with Gasteiger partial charge in [0.05, 0.1) is 6.61 Å². The lowest BCUT2D eigenvalue weighted by atomic mass is 10.1. The van der Waals surface area contributed by atoms with E-state index in [9.17, 15) is 13.2 Å². The largest absolute Gasteiger partial charge is 0.411 e. The number of nitrogens with one attached hydrogen (secondary N) is 1. The second kappa shape index (κ2) is 8.55. The molecule has 19 heavy (non-hydrogen) atoms. The Hall–Kier alpha value is -0.590. The summed E-state index contributed by atoms with van der Waals surface area (Å²) < 4.78 is 40.8. The summed E-state index contributed by atoms with van der Waals surface area (Å²) in [5.41, 5.74) is 1.23. The molecule has 1 rings (SSSR count). The van der Waals surface area contributed by atoms with E-state index in [4.69, 9.17) is 4.74 Å². The fourth-order valence-electron chi connectivity index (χ4n) is 1.69. The molecular formula is C13H20F3NOS. The summed E-state index contributed by atoms with van der Waals surface area (Å²) in [5, 5.41) is 7.30. The van der Waals surface area contributed by atoms with Crippen LogP contribution in [0.15, 0.2) is 16.8 Å². The lowest BCUT2D eigenvalue weighted by Gasteiger charge is -2.19. The first kappa shape index (κ1) is 16.5. The Morgan fingerprint density at radius 1 is 1.42 bits per heavy atom. The summed E-state index contributed by atoms with van der Waals surface area (Å²) in [6.45, 7) is 1.75. The molecule has 1 heterocycles. The summed E-state index contributed by atoms with van der Waals surface area (Å²) in [4.78, 5) is 0. The van der Waals surface area contributed by atoms with E-state index < -0.39 is 12.8 Å². The molecule has 1 atom stereocenters. The van der Waals surface area contributed by atoms with E-state index in [1.165, 1.54) is 5.56 Å². The van der Waals surface area contributed by atoms with Gasteiger partial charge in [-0.05, 0) is 48.2 Å². The summed E-state index contributed by atoms with van der Waals surface area (Å²) in [7, 11) is 0. The average molecular weight is 295 g/mol. The molecule has 6 heteroatoms. The number of thiophene rings is 1. The van der Waals surface area contributed by atoms with Crippen molar-refractivity contribution < 1.29 is 17.9 Å². The van der Waals surface area contributed by atoms with Gasteiger partial charge >= 0.3 is 6.18 Å². The standard InChI is InChI=1S/C13H20F3NOS/c1-2-6-17-12(8-18-10-13(14,15)16)4-3-11-5-7-19-9-11/h5,7,9,12,17H,2-4,6,8,10H2,1H3. The van der Waals surface area contributed by atoms with E-state index in [2.05, 4.69) is 10.7 Å². The van der Waals surface area contributed by atoms with Gasteiger partial charge in [-0.3, -0.25) is 0 Å². The van der Waals surface area contributed by atoms with Gasteiger partial charge in [0.25, 0.3) is 0 Å². The predicted molar refractivity (Wildman–Crippen MR) is 71.6 cm³/mol. The number of ether oxygens (including phenoxy) is 1. The van der Waals surface area contributed by atoms with Gasteiger partial charge in [0.1, 0.15) is 6.61 Å². The van der Waals surface area contributed by atoms with Crippen molar-refractivity contribution in [3.8, 4) is 0 Å². The van der Waals surface area contributed by atoms with Gasteiger partial charge in [0.2, 0.25) is 0 Å². The van der Waals surface area contributed by atoms with Gasteiger partial charge in [0.15, 0.2) is 0 Å². The Morgan fingerprint density at radius 3 is 2.79 bits per heavy atom. The molecule has 1 N–H and O–H groups in total. The molecule has 0 aliphatic carbocycles. The van der Waals surface area contributed by atoms with Crippen LogP contribution >= 0.6 is 11.3 Å². The van der Waals surface area contributed by atoms with E-state index in [0.29, 0.717) is 0 Å². The fraction of sp³-hybridized carbons (Fsp3) is 0.692. The highest BCUT2D eigenvalue weighted by atomic mass is 32.1. The lowest BCUT2D eigenvalue weighted by molar-refractivity contribution is -0.175. The third-order valence-electron chi connectivity index (χ3n) is 2.63. The molecule has 0 spiro atoms. The SMILES string of the molecule is CCCNC(CCc1ccsc1)COCC(F)(F)F. The second-order valence-corrected chi connectivity index (χ2v) is 5.23. The quantitative estimate of drug-likeness (QED) is 0.751. The van der Waals surface area contributed by atoms with Crippen molar-refractivity contribution in [2.24, 2.45) is 0 Å². The molecule has 0 aromatic carbocycles. The number of rotatable bonds is 9. The first-order chi connectivity index (χ1) is 9.01. The summed E-state index contributed by atoms with van der Waals surface area (Å²) in [6.07, 6.45) is -1.65. The van der Waals surface area contributed by atoms with Gasteiger partial charge < -0.3 is 10.1 Å². The van der Waals surface area contributed by atoms with Crippen LogP contribution in [-0.4, -0.2) is 32.0 Å². The molecular weight excluding hydrogens is 275 g/mol. The minimum atomic E-state index is -4.25. The topological polar surface area (TPSA) is 21.3 Å². The van der Waals surface area contributed by atoms with Crippen molar-refractivity contribution in [2.75, 3.05) is 19.8 Å². The summed E-state index contributed by atoms with van der Waals surface area (Å²) in [5.74, 6) is 0. The van der Waals surface area contributed by atoms with Crippen molar-refractivity contribution in [3.05, 3.63) is 22.4 Å². The lowest BCUT2D eigenvalue weighted by Crippen LogP contribution is -2.35. The molecule has 0 saturated heterocycles. The van der Waals surface area contributed by atoms with Crippen molar-refractivity contribution in [1.82, 2.24) is 5.32 Å². The van der Waals surface area contributed by atoms with Crippen molar-refractivity contribution in [1.29, 1.82) is 0 Å². The van der Waals surface area contributed by atoms with Gasteiger partial charge in [0, 0.05) is 6.04 Å². The third-order valence-corrected chi connectivity index (χ3v) is 3.36. The minimum Gasteiger partial charge on any atom is -0.370 e. The Morgan fingerprint density at radius 2 is 2.21 bits per heavy atom. The minimum absolute atomic E-state index is 0.0257. The molecule has 0 aliphatic heterocycles. The summed E-state index contributed by atoms with van der Waals surface area (Å²) >= 11 is 1.63. The zero-order valence-corrected chi connectivity index (χ0v) is 11.8. The normalized spacial score (nSPS) is 13.7. The number of aryl methyl sites for hydroxylation is 1. The highest BCUT2D eigenvalue weighted by Crippen LogP contribution is 2.15. The molecule has 0 amide bonds. The van der Waals surface area contributed by atoms with Crippen LogP contribution in [0.3, 0.4) is 0 Å². The van der Waals surface area contributed by atoms with E-state index in [-0.39, 0.29) is 12.6 Å². The Balaban J connectivity index is 2.29. The van der Waals surface area contributed by atoms with Crippen molar-refractivity contribution in [3.63, 3.8) is 0 Å². The molecule has 0 saturated carbocycles. The highest BCUT2D eigenvalue weighted by molar-refractivity contribution is 7.07. The van der Waals surface area contributed by atoms with E-state index in [0.717, 1.165) is 25.8 Å². The summed E-state index contributed by atoms with van der Waals surface area (Å²) in [6, 6.07) is 2.01. The molecule has 1 aromatic rings. The predicted octanol–water partition coefficient (Wildman–Crippen LogP) is 3.63. The maximum Gasteiger partial charge on any atom is 0.411 e. The number of hydrogen-bond acceptors (Lipinski definition) is 3. The highest BCUT2D eigenvalue weighted by Gasteiger charge is 2.27. The van der Waals surface area contributed by atoms with E-state index in [1.807, 2.05) is 18.4 Å². The smallest absolute Gasteiger partial charge is 0.370 e. The van der Waals surface area contributed by atoms with Gasteiger partial charge in [-0.2, -0.15) is 24.5 Å². The third kappa shape index (κ3) is 8.23. The molecule has 0 aliphatic rings.